The van der Waals surface area contributed by atoms with Crippen molar-refractivity contribution >= 4 is 11.6 Å². The van der Waals surface area contributed by atoms with E-state index in [0.29, 0.717) is 25.1 Å². The van der Waals surface area contributed by atoms with E-state index in [1.807, 2.05) is 35.0 Å². The molecule has 0 saturated heterocycles. The zero-order chi connectivity index (χ0) is 18.4. The Morgan fingerprint density at radius 3 is 2.81 bits per heavy atom. The summed E-state index contributed by atoms with van der Waals surface area (Å²) in [7, 11) is 0. The van der Waals surface area contributed by atoms with Crippen LogP contribution in [0, 0.1) is 6.92 Å². The minimum Gasteiger partial charge on any atom is -0.494 e. The number of hydrogen-bond acceptors (Lipinski definition) is 3. The Morgan fingerprint density at radius 1 is 1.23 bits per heavy atom. The lowest BCUT2D eigenvalue weighted by molar-refractivity contribution is 0.0954. The molecule has 0 aliphatic heterocycles. The highest BCUT2D eigenvalue weighted by Crippen LogP contribution is 2.13. The second kappa shape index (κ2) is 8.52. The molecule has 0 radical (unpaired) electrons. The molecule has 1 amide bonds. The molecule has 0 atom stereocenters. The summed E-state index contributed by atoms with van der Waals surface area (Å²) in [5.74, 6) is 0.722. The molecule has 5 heteroatoms. The number of pyridine rings is 1. The van der Waals surface area contributed by atoms with Crippen molar-refractivity contribution in [1.29, 1.82) is 0 Å². The molecule has 2 aromatic heterocycles. The molecule has 3 rings (SSSR count). The van der Waals surface area contributed by atoms with E-state index in [9.17, 15) is 4.79 Å². The number of benzene rings is 1. The normalized spacial score (nSPS) is 10.8. The number of hydrogen-bond donors (Lipinski definition) is 1. The number of fused-ring (bicyclic) bond motifs is 1. The number of carbonyl (C=O) groups excluding carboxylic acids is 1. The van der Waals surface area contributed by atoms with Gasteiger partial charge in [-0.05, 0) is 55.3 Å². The van der Waals surface area contributed by atoms with Crippen LogP contribution in [0.25, 0.3) is 5.65 Å². The van der Waals surface area contributed by atoms with Gasteiger partial charge in [0.1, 0.15) is 11.4 Å². The van der Waals surface area contributed by atoms with Gasteiger partial charge in [0.05, 0.1) is 12.3 Å². The van der Waals surface area contributed by atoms with Crippen LogP contribution in [0.2, 0.25) is 0 Å². The maximum absolute atomic E-state index is 12.2. The molecule has 0 saturated carbocycles. The summed E-state index contributed by atoms with van der Waals surface area (Å²) in [4.78, 5) is 16.8. The fourth-order valence-electron chi connectivity index (χ4n) is 2.70. The topological polar surface area (TPSA) is 55.6 Å². The summed E-state index contributed by atoms with van der Waals surface area (Å²) < 4.78 is 7.62. The van der Waals surface area contributed by atoms with Gasteiger partial charge in [-0.25, -0.2) is 4.98 Å². The van der Waals surface area contributed by atoms with E-state index in [4.69, 9.17) is 4.74 Å². The van der Waals surface area contributed by atoms with Gasteiger partial charge in [0, 0.05) is 30.9 Å². The molecule has 0 fully saturated rings. The standard InChI is InChI=1S/C21H25N3O2/c1-3-4-13-26-19-7-5-17(6-8-19)21(25)22-11-9-18-15-24-12-10-16(2)14-20(24)23-18/h5-8,10,12,14-15H,3-4,9,11,13H2,1-2H3,(H,22,25). The van der Waals surface area contributed by atoms with Crippen molar-refractivity contribution in [1.82, 2.24) is 14.7 Å². The lowest BCUT2D eigenvalue weighted by Crippen LogP contribution is -2.25. The summed E-state index contributed by atoms with van der Waals surface area (Å²) in [6.07, 6.45) is 6.84. The van der Waals surface area contributed by atoms with E-state index in [2.05, 4.69) is 30.2 Å². The lowest BCUT2D eigenvalue weighted by Gasteiger charge is -2.07. The summed E-state index contributed by atoms with van der Waals surface area (Å²) >= 11 is 0. The number of ether oxygens (including phenoxy) is 1. The SMILES string of the molecule is CCCCOc1ccc(C(=O)NCCc2cn3ccc(C)cc3n2)cc1. The highest BCUT2D eigenvalue weighted by atomic mass is 16.5. The molecular weight excluding hydrogens is 326 g/mol. The van der Waals surface area contributed by atoms with Gasteiger partial charge in [0.25, 0.3) is 5.91 Å². The predicted molar refractivity (Wildman–Crippen MR) is 103 cm³/mol. The third-order valence-electron chi connectivity index (χ3n) is 4.22. The Bertz CT molecular complexity index is 869. The molecule has 0 bridgehead atoms. The minimum absolute atomic E-state index is 0.0790. The summed E-state index contributed by atoms with van der Waals surface area (Å²) in [5.41, 5.74) is 3.73. The van der Waals surface area contributed by atoms with Crippen LogP contribution in [0.1, 0.15) is 41.4 Å². The van der Waals surface area contributed by atoms with Gasteiger partial charge in [-0.1, -0.05) is 13.3 Å². The van der Waals surface area contributed by atoms with Crippen LogP contribution >= 0.6 is 0 Å². The average Bonchev–Trinajstić information content (AvgIpc) is 3.04. The van der Waals surface area contributed by atoms with E-state index < -0.39 is 0 Å². The van der Waals surface area contributed by atoms with E-state index in [1.165, 1.54) is 5.56 Å². The number of amides is 1. The Labute approximate surface area is 154 Å². The smallest absolute Gasteiger partial charge is 0.251 e. The maximum atomic E-state index is 12.2. The van der Waals surface area contributed by atoms with E-state index in [0.717, 1.165) is 29.9 Å². The number of aromatic nitrogens is 2. The summed E-state index contributed by atoms with van der Waals surface area (Å²) in [6, 6.07) is 11.4. The van der Waals surface area contributed by atoms with Crippen LogP contribution in [0.4, 0.5) is 0 Å². The molecular formula is C21H25N3O2. The second-order valence-electron chi connectivity index (χ2n) is 6.43. The lowest BCUT2D eigenvalue weighted by atomic mass is 10.2. The van der Waals surface area contributed by atoms with Crippen molar-refractivity contribution < 1.29 is 9.53 Å². The first-order chi connectivity index (χ1) is 12.7. The van der Waals surface area contributed by atoms with E-state index in [1.54, 1.807) is 12.1 Å². The number of imidazole rings is 1. The Hall–Kier alpha value is -2.82. The maximum Gasteiger partial charge on any atom is 0.251 e. The van der Waals surface area contributed by atoms with Gasteiger partial charge in [0.15, 0.2) is 0 Å². The highest BCUT2D eigenvalue weighted by molar-refractivity contribution is 5.94. The van der Waals surface area contributed by atoms with Gasteiger partial charge < -0.3 is 14.5 Å². The first-order valence-corrected chi connectivity index (χ1v) is 9.11. The van der Waals surface area contributed by atoms with Gasteiger partial charge >= 0.3 is 0 Å². The molecule has 26 heavy (non-hydrogen) atoms. The number of carbonyl (C=O) groups is 1. The highest BCUT2D eigenvalue weighted by Gasteiger charge is 2.07. The number of nitrogens with zero attached hydrogens (tertiary/aromatic N) is 2. The first kappa shape index (κ1) is 18.0. The third kappa shape index (κ3) is 4.63. The Morgan fingerprint density at radius 2 is 2.04 bits per heavy atom. The van der Waals surface area contributed by atoms with Gasteiger partial charge in [-0.3, -0.25) is 4.79 Å². The molecule has 0 spiro atoms. The molecule has 0 unspecified atom stereocenters. The number of aryl methyl sites for hydroxylation is 1. The molecule has 136 valence electrons. The van der Waals surface area contributed by atoms with Crippen molar-refractivity contribution in [2.45, 2.75) is 33.1 Å². The van der Waals surface area contributed by atoms with Crippen LogP contribution in [0.15, 0.2) is 48.8 Å². The second-order valence-corrected chi connectivity index (χ2v) is 6.43. The van der Waals surface area contributed by atoms with Gasteiger partial charge in [-0.15, -0.1) is 0 Å². The summed E-state index contributed by atoms with van der Waals surface area (Å²) in [5, 5.41) is 2.95. The zero-order valence-corrected chi connectivity index (χ0v) is 15.4. The summed E-state index contributed by atoms with van der Waals surface area (Å²) in [6.45, 7) is 5.44. The monoisotopic (exact) mass is 351 g/mol. The van der Waals surface area contributed by atoms with Gasteiger partial charge in [0.2, 0.25) is 0 Å². The number of nitrogens with one attached hydrogen (secondary N) is 1. The first-order valence-electron chi connectivity index (χ1n) is 9.11. The Kier molecular flexibility index (Phi) is 5.89. The fourth-order valence-corrected chi connectivity index (χ4v) is 2.70. The van der Waals surface area contributed by atoms with E-state index in [-0.39, 0.29) is 5.91 Å². The number of rotatable bonds is 8. The molecule has 1 aromatic carbocycles. The van der Waals surface area contributed by atoms with E-state index >= 15 is 0 Å². The van der Waals surface area contributed by atoms with Crippen molar-refractivity contribution in [2.24, 2.45) is 0 Å². The average molecular weight is 351 g/mol. The fraction of sp³-hybridized carbons (Fsp3) is 0.333. The van der Waals surface area contributed by atoms with Crippen molar-refractivity contribution in [3.05, 3.63) is 65.6 Å². The number of unbranched alkanes of at least 4 members (excludes halogenated alkanes) is 1. The largest absolute Gasteiger partial charge is 0.494 e. The molecule has 0 aliphatic rings. The van der Waals surface area contributed by atoms with Crippen molar-refractivity contribution in [2.75, 3.05) is 13.2 Å². The van der Waals surface area contributed by atoms with Crippen LogP contribution in [-0.4, -0.2) is 28.4 Å². The van der Waals surface area contributed by atoms with Crippen molar-refractivity contribution in [3.63, 3.8) is 0 Å². The quantitative estimate of drug-likeness (QED) is 0.628. The molecule has 3 aromatic rings. The molecule has 5 nitrogen and oxygen atoms in total. The predicted octanol–water partition coefficient (Wildman–Crippen LogP) is 3.79. The molecule has 0 aliphatic carbocycles. The zero-order valence-electron chi connectivity index (χ0n) is 15.4. The van der Waals surface area contributed by atoms with Crippen LogP contribution < -0.4 is 10.1 Å². The molecule has 1 N–H and O–H groups in total. The minimum atomic E-state index is -0.0790. The van der Waals surface area contributed by atoms with Crippen molar-refractivity contribution in [3.8, 4) is 5.75 Å². The third-order valence-corrected chi connectivity index (χ3v) is 4.22. The van der Waals surface area contributed by atoms with Crippen LogP contribution in [-0.2, 0) is 6.42 Å². The van der Waals surface area contributed by atoms with Crippen LogP contribution in [0.5, 0.6) is 5.75 Å². The van der Waals surface area contributed by atoms with Gasteiger partial charge in [-0.2, -0.15) is 0 Å². The molecule has 2 heterocycles. The van der Waals surface area contributed by atoms with Crippen LogP contribution in [0.3, 0.4) is 0 Å². The Balaban J connectivity index is 1.50.